The Labute approximate surface area is 118 Å². The van der Waals surface area contributed by atoms with Crippen molar-refractivity contribution in [3.8, 4) is 5.75 Å². The van der Waals surface area contributed by atoms with E-state index in [1.165, 1.54) is 16.5 Å². The summed E-state index contributed by atoms with van der Waals surface area (Å²) in [5, 5.41) is 2.84. The van der Waals surface area contributed by atoms with Crippen molar-refractivity contribution in [2.24, 2.45) is 0 Å². The van der Waals surface area contributed by atoms with Crippen LogP contribution in [0.5, 0.6) is 5.75 Å². The SMILES string of the molecule is O=C(NCc1cc(Br)cc2c1OCC2)n1ccnc1. The number of nitrogens with one attached hydrogen (secondary N) is 1. The highest BCUT2D eigenvalue weighted by Gasteiger charge is 2.17. The molecule has 19 heavy (non-hydrogen) atoms. The number of imidazole rings is 1. The van der Waals surface area contributed by atoms with Crippen LogP contribution in [0.25, 0.3) is 0 Å². The van der Waals surface area contributed by atoms with Gasteiger partial charge in [-0.15, -0.1) is 0 Å². The molecular formula is C13H12BrN3O2. The van der Waals surface area contributed by atoms with Gasteiger partial charge in [0.05, 0.1) is 6.61 Å². The first-order valence-electron chi connectivity index (χ1n) is 5.94. The maximum absolute atomic E-state index is 11.8. The average molecular weight is 322 g/mol. The second-order valence-electron chi connectivity index (χ2n) is 4.28. The van der Waals surface area contributed by atoms with Crippen LogP contribution in [-0.4, -0.2) is 22.2 Å². The van der Waals surface area contributed by atoms with Gasteiger partial charge in [-0.1, -0.05) is 15.9 Å². The van der Waals surface area contributed by atoms with Crippen molar-refractivity contribution in [2.45, 2.75) is 13.0 Å². The normalized spacial score (nSPS) is 12.9. The van der Waals surface area contributed by atoms with Gasteiger partial charge in [-0.2, -0.15) is 0 Å². The van der Waals surface area contributed by atoms with Crippen LogP contribution >= 0.6 is 15.9 Å². The Bertz CT molecular complexity index is 611. The van der Waals surface area contributed by atoms with Crippen LogP contribution in [0.1, 0.15) is 11.1 Å². The van der Waals surface area contributed by atoms with E-state index in [4.69, 9.17) is 4.74 Å². The molecule has 98 valence electrons. The number of benzene rings is 1. The minimum absolute atomic E-state index is 0.204. The van der Waals surface area contributed by atoms with Crippen LogP contribution in [0, 0.1) is 0 Å². The summed E-state index contributed by atoms with van der Waals surface area (Å²) in [6.45, 7) is 1.13. The van der Waals surface area contributed by atoms with Gasteiger partial charge < -0.3 is 10.1 Å². The second kappa shape index (κ2) is 5.05. The summed E-state index contributed by atoms with van der Waals surface area (Å²) < 4.78 is 8.02. The van der Waals surface area contributed by atoms with Crippen LogP contribution in [-0.2, 0) is 13.0 Å². The smallest absolute Gasteiger partial charge is 0.327 e. The summed E-state index contributed by atoms with van der Waals surface area (Å²) in [6.07, 6.45) is 5.56. The van der Waals surface area contributed by atoms with Crippen molar-refractivity contribution in [1.29, 1.82) is 0 Å². The molecule has 0 atom stereocenters. The van der Waals surface area contributed by atoms with Crippen molar-refractivity contribution in [2.75, 3.05) is 6.61 Å². The zero-order valence-electron chi connectivity index (χ0n) is 10.1. The Morgan fingerprint density at radius 2 is 2.42 bits per heavy atom. The quantitative estimate of drug-likeness (QED) is 0.923. The number of rotatable bonds is 2. The molecule has 1 aliphatic heterocycles. The maximum Gasteiger partial charge on any atom is 0.327 e. The van der Waals surface area contributed by atoms with Gasteiger partial charge in [-0.25, -0.2) is 9.78 Å². The maximum atomic E-state index is 11.8. The molecule has 5 nitrogen and oxygen atoms in total. The fourth-order valence-electron chi connectivity index (χ4n) is 2.12. The van der Waals surface area contributed by atoms with Crippen LogP contribution in [0.15, 0.2) is 35.3 Å². The van der Waals surface area contributed by atoms with Crippen LogP contribution in [0.4, 0.5) is 4.79 Å². The molecule has 0 aliphatic carbocycles. The topological polar surface area (TPSA) is 56.1 Å². The summed E-state index contributed by atoms with van der Waals surface area (Å²) in [5.74, 6) is 0.897. The number of ether oxygens (including phenoxy) is 1. The van der Waals surface area contributed by atoms with Gasteiger partial charge in [-0.05, 0) is 17.7 Å². The molecule has 0 radical (unpaired) electrons. The fraction of sp³-hybridized carbons (Fsp3) is 0.231. The highest BCUT2D eigenvalue weighted by Crippen LogP contribution is 2.32. The zero-order valence-corrected chi connectivity index (χ0v) is 11.7. The summed E-state index contributed by atoms with van der Waals surface area (Å²) in [6, 6.07) is 3.83. The Hall–Kier alpha value is -1.82. The Kier molecular flexibility index (Phi) is 3.25. The Morgan fingerprint density at radius 3 is 3.21 bits per heavy atom. The molecule has 3 rings (SSSR count). The van der Waals surface area contributed by atoms with Crippen molar-refractivity contribution in [3.63, 3.8) is 0 Å². The first-order valence-corrected chi connectivity index (χ1v) is 6.73. The molecule has 0 bridgehead atoms. The molecule has 1 amide bonds. The second-order valence-corrected chi connectivity index (χ2v) is 5.20. The van der Waals surface area contributed by atoms with E-state index in [9.17, 15) is 4.79 Å². The molecule has 0 saturated carbocycles. The predicted octanol–water partition coefficient (Wildman–Crippen LogP) is 2.34. The average Bonchev–Trinajstić information content (AvgIpc) is 3.05. The number of carbonyl (C=O) groups excluding carboxylic acids is 1. The van der Waals surface area contributed by atoms with E-state index in [1.54, 1.807) is 12.4 Å². The number of hydrogen-bond acceptors (Lipinski definition) is 3. The molecule has 0 saturated heterocycles. The van der Waals surface area contributed by atoms with E-state index in [-0.39, 0.29) is 6.03 Å². The molecule has 0 fully saturated rings. The lowest BCUT2D eigenvalue weighted by molar-refractivity contribution is 0.242. The lowest BCUT2D eigenvalue weighted by Crippen LogP contribution is -2.27. The van der Waals surface area contributed by atoms with Gasteiger partial charge in [0.25, 0.3) is 0 Å². The third-order valence-electron chi connectivity index (χ3n) is 2.99. The molecule has 0 spiro atoms. The molecule has 1 aliphatic rings. The number of amides is 1. The summed E-state index contributed by atoms with van der Waals surface area (Å²) in [5.41, 5.74) is 2.16. The lowest BCUT2D eigenvalue weighted by Gasteiger charge is -2.10. The lowest BCUT2D eigenvalue weighted by atomic mass is 10.1. The van der Waals surface area contributed by atoms with E-state index >= 15 is 0 Å². The van der Waals surface area contributed by atoms with Crippen LogP contribution < -0.4 is 10.1 Å². The van der Waals surface area contributed by atoms with Gasteiger partial charge in [0.2, 0.25) is 0 Å². The van der Waals surface area contributed by atoms with Crippen LogP contribution in [0.2, 0.25) is 0 Å². The predicted molar refractivity (Wildman–Crippen MR) is 73.2 cm³/mol. The van der Waals surface area contributed by atoms with Gasteiger partial charge >= 0.3 is 6.03 Å². The molecule has 2 heterocycles. The molecule has 1 aromatic heterocycles. The highest BCUT2D eigenvalue weighted by atomic mass is 79.9. The molecule has 6 heteroatoms. The molecule has 2 aromatic rings. The monoisotopic (exact) mass is 321 g/mol. The standard InChI is InChI=1S/C13H12BrN3O2/c14-11-5-9-1-4-19-12(9)10(6-11)7-16-13(18)17-3-2-15-8-17/h2-3,5-6,8H,1,4,7H2,(H,16,18). The molecule has 1 N–H and O–H groups in total. The van der Waals surface area contributed by atoms with E-state index in [0.717, 1.165) is 22.2 Å². The van der Waals surface area contributed by atoms with Gasteiger partial charge in [0.1, 0.15) is 12.1 Å². The molecule has 1 aromatic carbocycles. The van der Waals surface area contributed by atoms with E-state index < -0.39 is 0 Å². The van der Waals surface area contributed by atoms with Gasteiger partial charge in [-0.3, -0.25) is 4.57 Å². The van der Waals surface area contributed by atoms with Crippen molar-refractivity contribution in [1.82, 2.24) is 14.9 Å². The van der Waals surface area contributed by atoms with Crippen molar-refractivity contribution in [3.05, 3.63) is 46.5 Å². The van der Waals surface area contributed by atoms with Crippen LogP contribution in [0.3, 0.4) is 0 Å². The third kappa shape index (κ3) is 2.49. The fourth-order valence-corrected chi connectivity index (χ4v) is 2.67. The molecule has 0 unspecified atom stereocenters. The largest absolute Gasteiger partial charge is 0.493 e. The van der Waals surface area contributed by atoms with Crippen molar-refractivity contribution >= 4 is 22.0 Å². The number of aromatic nitrogens is 2. The first-order chi connectivity index (χ1) is 9.24. The van der Waals surface area contributed by atoms with Gasteiger partial charge in [0, 0.05) is 35.4 Å². The first kappa shape index (κ1) is 12.2. The number of nitrogens with zero attached hydrogens (tertiary/aromatic N) is 2. The number of hydrogen-bond donors (Lipinski definition) is 1. The minimum Gasteiger partial charge on any atom is -0.493 e. The van der Waals surface area contributed by atoms with E-state index in [2.05, 4.69) is 32.3 Å². The molecular weight excluding hydrogens is 310 g/mol. The Morgan fingerprint density at radius 1 is 1.53 bits per heavy atom. The summed E-state index contributed by atoms with van der Waals surface area (Å²) >= 11 is 3.48. The Balaban J connectivity index is 1.76. The summed E-state index contributed by atoms with van der Waals surface area (Å²) in [7, 11) is 0. The minimum atomic E-state index is -0.204. The number of halogens is 1. The zero-order chi connectivity index (χ0) is 13.2. The van der Waals surface area contributed by atoms with E-state index in [1.807, 2.05) is 6.07 Å². The number of carbonyl (C=O) groups is 1. The van der Waals surface area contributed by atoms with Crippen molar-refractivity contribution < 1.29 is 9.53 Å². The van der Waals surface area contributed by atoms with Gasteiger partial charge in [0.15, 0.2) is 0 Å². The number of fused-ring (bicyclic) bond motifs is 1. The summed E-state index contributed by atoms with van der Waals surface area (Å²) in [4.78, 5) is 15.7. The third-order valence-corrected chi connectivity index (χ3v) is 3.45. The highest BCUT2D eigenvalue weighted by molar-refractivity contribution is 9.10. The van der Waals surface area contributed by atoms with E-state index in [0.29, 0.717) is 13.2 Å².